The Morgan fingerprint density at radius 3 is 1.64 bits per heavy atom. The zero-order chi connectivity index (χ0) is 10.6. The van der Waals surface area contributed by atoms with Crippen molar-refractivity contribution in [3.8, 4) is 0 Å². The Bertz CT molecular complexity index is 148. The molecule has 1 fully saturated rings. The standard InChI is InChI=1S/C12H26N.In.H/c1-7-9-13(10-8-2,11(3)4)12(5)6;;/h11-12H,1-2,7-10H2,3-6H3;;/q+1;;. The van der Waals surface area contributed by atoms with Crippen LogP contribution in [0.5, 0.6) is 0 Å². The van der Waals surface area contributed by atoms with Crippen LogP contribution in [0.3, 0.4) is 0 Å². The maximum absolute atomic E-state index is 2.42. The van der Waals surface area contributed by atoms with Crippen molar-refractivity contribution >= 4 is 22.9 Å². The van der Waals surface area contributed by atoms with E-state index >= 15 is 0 Å². The van der Waals surface area contributed by atoms with Crippen molar-refractivity contribution in [3.05, 3.63) is 0 Å². The van der Waals surface area contributed by atoms with Crippen LogP contribution < -0.4 is 0 Å². The van der Waals surface area contributed by atoms with Crippen LogP contribution in [0.25, 0.3) is 0 Å². The van der Waals surface area contributed by atoms with E-state index in [0.717, 1.165) is 12.1 Å². The molecule has 0 saturated carbocycles. The zero-order valence-electron chi connectivity index (χ0n) is 10.6. The van der Waals surface area contributed by atoms with Crippen LogP contribution in [-0.2, 0) is 0 Å². The molecule has 0 N–H and O–H groups in total. The van der Waals surface area contributed by atoms with Crippen LogP contribution in [0.4, 0.5) is 0 Å². The molecule has 14 heavy (non-hydrogen) atoms. The van der Waals surface area contributed by atoms with Gasteiger partial charge in [0.25, 0.3) is 0 Å². The number of rotatable bonds is 2. The molecule has 0 spiro atoms. The second-order valence-electron chi connectivity index (χ2n) is 5.51. The molecule has 1 saturated heterocycles. The van der Waals surface area contributed by atoms with Gasteiger partial charge < -0.3 is 0 Å². The number of hydrogen-bond acceptors (Lipinski definition) is 0. The van der Waals surface area contributed by atoms with Crippen LogP contribution in [-0.4, -0.2) is 52.6 Å². The van der Waals surface area contributed by atoms with Gasteiger partial charge in [0.2, 0.25) is 0 Å². The third-order valence-electron chi connectivity index (χ3n) is 4.21. The van der Waals surface area contributed by atoms with Crippen LogP contribution in [0, 0.1) is 0 Å². The zero-order valence-corrected chi connectivity index (χ0v) is 14.6. The molecule has 0 aromatic rings. The van der Waals surface area contributed by atoms with Crippen molar-refractivity contribution < 1.29 is 4.48 Å². The van der Waals surface area contributed by atoms with Crippen LogP contribution in [0.2, 0.25) is 8.35 Å². The number of quaternary nitrogens is 1. The Kier molecular flexibility index (Phi) is 5.33. The molecule has 1 heterocycles. The first kappa shape index (κ1) is 12.9. The second-order valence-corrected chi connectivity index (χ2v) is 11.6. The van der Waals surface area contributed by atoms with E-state index in [1.165, 1.54) is 30.4 Å². The molecule has 1 aliphatic heterocycles. The fourth-order valence-electron chi connectivity index (χ4n) is 3.08. The van der Waals surface area contributed by atoms with E-state index in [4.69, 9.17) is 0 Å². The maximum atomic E-state index is 2.42. The van der Waals surface area contributed by atoms with E-state index in [1.807, 2.05) is 0 Å². The summed E-state index contributed by atoms with van der Waals surface area (Å²) in [6, 6.07) is 1.64. The third-order valence-corrected chi connectivity index (χ3v) is 9.91. The predicted molar refractivity (Wildman–Crippen MR) is 66.3 cm³/mol. The minimum atomic E-state index is -0.232. The van der Waals surface area contributed by atoms with Gasteiger partial charge in [-0.05, 0) is 0 Å². The summed E-state index contributed by atoms with van der Waals surface area (Å²) in [5.74, 6) is 0. The monoisotopic (exact) mass is 300 g/mol. The van der Waals surface area contributed by atoms with Gasteiger partial charge in [0.1, 0.15) is 0 Å². The second kappa shape index (κ2) is 5.79. The first-order valence-corrected chi connectivity index (χ1v) is 12.2. The Labute approximate surface area is 101 Å². The van der Waals surface area contributed by atoms with Crippen molar-refractivity contribution in [2.24, 2.45) is 0 Å². The minimum absolute atomic E-state index is 0.232. The molecule has 1 rings (SSSR count). The summed E-state index contributed by atoms with van der Waals surface area (Å²) < 4.78 is 4.73. The fraction of sp³-hybridized carbons (Fsp3) is 1.00. The number of hydrogen-bond donors (Lipinski definition) is 0. The van der Waals surface area contributed by atoms with E-state index in [-0.39, 0.29) is 22.9 Å². The van der Waals surface area contributed by atoms with Crippen molar-refractivity contribution in [1.82, 2.24) is 0 Å². The average molecular weight is 300 g/mol. The van der Waals surface area contributed by atoms with E-state index in [1.54, 1.807) is 8.35 Å². The third kappa shape index (κ3) is 2.91. The Morgan fingerprint density at radius 1 is 0.857 bits per heavy atom. The van der Waals surface area contributed by atoms with Crippen LogP contribution >= 0.6 is 0 Å². The van der Waals surface area contributed by atoms with Crippen molar-refractivity contribution in [2.75, 3.05) is 13.1 Å². The Hall–Kier alpha value is 0.830. The summed E-state index contributed by atoms with van der Waals surface area (Å²) in [5.41, 5.74) is 0. The van der Waals surface area contributed by atoms with Gasteiger partial charge in [-0.2, -0.15) is 0 Å². The molecule has 0 radical (unpaired) electrons. The van der Waals surface area contributed by atoms with Crippen LogP contribution in [0.15, 0.2) is 0 Å². The van der Waals surface area contributed by atoms with Gasteiger partial charge in [-0.15, -0.1) is 0 Å². The van der Waals surface area contributed by atoms with Crippen molar-refractivity contribution in [1.29, 1.82) is 0 Å². The van der Waals surface area contributed by atoms with Gasteiger partial charge in [0.15, 0.2) is 0 Å². The molecular weight excluding hydrogens is 273 g/mol. The molecule has 0 aromatic heterocycles. The summed E-state index contributed by atoms with van der Waals surface area (Å²) in [5, 5.41) is 0. The molecule has 0 aromatic carbocycles. The molecule has 1 nitrogen and oxygen atoms in total. The normalized spacial score (nSPS) is 23.0. The summed E-state index contributed by atoms with van der Waals surface area (Å²) in [6.07, 6.45) is 3.07. The molecule has 82 valence electrons. The molecule has 1 aliphatic rings. The summed E-state index contributed by atoms with van der Waals surface area (Å²) in [7, 11) is 0. The van der Waals surface area contributed by atoms with E-state index < -0.39 is 0 Å². The molecule has 0 amide bonds. The molecular formula is C12H27InN+. The van der Waals surface area contributed by atoms with E-state index in [2.05, 4.69) is 27.7 Å². The average Bonchev–Trinajstić information content (AvgIpc) is 2.02. The van der Waals surface area contributed by atoms with Gasteiger partial charge >= 0.3 is 101 Å². The first-order chi connectivity index (χ1) is 6.59. The van der Waals surface area contributed by atoms with Gasteiger partial charge in [-0.25, -0.2) is 0 Å². The summed E-state index contributed by atoms with van der Waals surface area (Å²) in [4.78, 5) is 0. The van der Waals surface area contributed by atoms with E-state index in [0.29, 0.717) is 0 Å². The van der Waals surface area contributed by atoms with Gasteiger partial charge in [-0.1, -0.05) is 0 Å². The SMILES string of the molecule is CC(C)[N+]1(C(C)C)CC[CH2][InH][CH2]CC1. The predicted octanol–water partition coefficient (Wildman–Crippen LogP) is 2.69. The molecule has 0 atom stereocenters. The molecule has 0 unspecified atom stereocenters. The molecule has 0 aliphatic carbocycles. The summed E-state index contributed by atoms with van der Waals surface area (Å²) >= 11 is -0.232. The first-order valence-electron chi connectivity index (χ1n) is 6.46. The quantitative estimate of drug-likeness (QED) is 0.688. The molecule has 0 bridgehead atoms. The Balaban J connectivity index is 2.71. The van der Waals surface area contributed by atoms with Crippen LogP contribution in [0.1, 0.15) is 40.5 Å². The number of nitrogens with zero attached hydrogens (tertiary/aromatic N) is 1. The van der Waals surface area contributed by atoms with Gasteiger partial charge in [0.05, 0.1) is 0 Å². The van der Waals surface area contributed by atoms with Gasteiger partial charge in [0, 0.05) is 0 Å². The van der Waals surface area contributed by atoms with E-state index in [9.17, 15) is 0 Å². The van der Waals surface area contributed by atoms with Crippen molar-refractivity contribution in [2.45, 2.75) is 61.0 Å². The van der Waals surface area contributed by atoms with Gasteiger partial charge in [-0.3, -0.25) is 0 Å². The van der Waals surface area contributed by atoms with Crippen molar-refractivity contribution in [3.63, 3.8) is 0 Å². The molecule has 2 heteroatoms. The fourth-order valence-corrected chi connectivity index (χ4v) is 7.39. The topological polar surface area (TPSA) is 0 Å². The summed E-state index contributed by atoms with van der Waals surface area (Å²) in [6.45, 7) is 12.6. The Morgan fingerprint density at radius 2 is 1.29 bits per heavy atom.